The number of sulfonamides is 1. The molecule has 0 aromatic heterocycles. The smallest absolute Gasteiger partial charge is 0.353 e. The van der Waals surface area contributed by atoms with Gasteiger partial charge in [-0.2, -0.15) is 17.5 Å². The van der Waals surface area contributed by atoms with E-state index in [0.717, 1.165) is 22.0 Å². The van der Waals surface area contributed by atoms with Crippen LogP contribution in [-0.2, 0) is 27.4 Å². The first-order chi connectivity index (χ1) is 14.6. The van der Waals surface area contributed by atoms with Crippen molar-refractivity contribution in [1.82, 2.24) is 9.62 Å². The van der Waals surface area contributed by atoms with Gasteiger partial charge in [0.15, 0.2) is 0 Å². The van der Waals surface area contributed by atoms with Gasteiger partial charge in [-0.1, -0.05) is 41.9 Å². The zero-order chi connectivity index (χ0) is 22.6. The first kappa shape index (κ1) is 23.6. The van der Waals surface area contributed by atoms with E-state index < -0.39 is 26.7 Å². The van der Waals surface area contributed by atoms with Crippen molar-refractivity contribution in [3.8, 4) is 0 Å². The van der Waals surface area contributed by atoms with Gasteiger partial charge in [-0.25, -0.2) is 8.42 Å². The van der Waals surface area contributed by atoms with E-state index in [0.29, 0.717) is 31.7 Å². The van der Waals surface area contributed by atoms with E-state index in [1.54, 1.807) is 0 Å². The monoisotopic (exact) mass is 474 g/mol. The maximum absolute atomic E-state index is 13.0. The molecule has 1 N–H and O–H groups in total. The fraction of sp³-hybridized carbons (Fsp3) is 0.381. The number of nitrogens with zero attached hydrogens (tertiary/aromatic N) is 1. The highest BCUT2D eigenvalue weighted by Gasteiger charge is 2.35. The molecule has 0 bridgehead atoms. The van der Waals surface area contributed by atoms with Gasteiger partial charge in [0.1, 0.15) is 4.90 Å². The van der Waals surface area contributed by atoms with Crippen LogP contribution in [0.1, 0.15) is 30.4 Å². The van der Waals surface area contributed by atoms with Gasteiger partial charge in [-0.3, -0.25) is 4.79 Å². The SMILES string of the molecule is O=C(CCc1ccccc1)NC1CCN(S(=O)(=O)c2cc(C(F)(F)F)ccc2Cl)CC1. The van der Waals surface area contributed by atoms with Crippen LogP contribution in [0.15, 0.2) is 53.4 Å². The lowest BCUT2D eigenvalue weighted by atomic mass is 10.1. The van der Waals surface area contributed by atoms with Crippen LogP contribution in [0.25, 0.3) is 0 Å². The molecule has 1 heterocycles. The Hall–Kier alpha value is -2.10. The molecule has 0 atom stereocenters. The van der Waals surface area contributed by atoms with Crippen molar-refractivity contribution in [2.75, 3.05) is 13.1 Å². The molecule has 1 fully saturated rings. The lowest BCUT2D eigenvalue weighted by molar-refractivity contribution is -0.137. The van der Waals surface area contributed by atoms with Crippen LogP contribution in [0.5, 0.6) is 0 Å². The van der Waals surface area contributed by atoms with E-state index in [1.807, 2.05) is 30.3 Å². The summed E-state index contributed by atoms with van der Waals surface area (Å²) in [6, 6.07) is 11.7. The molecular formula is C21H22ClF3N2O3S. The number of nitrogens with one attached hydrogen (secondary N) is 1. The van der Waals surface area contributed by atoms with Gasteiger partial charge in [0.05, 0.1) is 10.6 Å². The Bertz CT molecular complexity index is 1020. The van der Waals surface area contributed by atoms with Crippen LogP contribution >= 0.6 is 11.6 Å². The van der Waals surface area contributed by atoms with Crippen LogP contribution < -0.4 is 5.32 Å². The van der Waals surface area contributed by atoms with Crippen LogP contribution in [-0.4, -0.2) is 37.8 Å². The van der Waals surface area contributed by atoms with Crippen LogP contribution in [0.2, 0.25) is 5.02 Å². The number of carbonyl (C=O) groups excluding carboxylic acids is 1. The van der Waals surface area contributed by atoms with Crippen molar-refractivity contribution in [2.45, 2.75) is 42.8 Å². The van der Waals surface area contributed by atoms with Gasteiger partial charge in [0, 0.05) is 25.6 Å². The summed E-state index contributed by atoms with van der Waals surface area (Å²) in [5.41, 5.74) is -0.0208. The molecule has 168 valence electrons. The number of hydrogen-bond donors (Lipinski definition) is 1. The van der Waals surface area contributed by atoms with Crippen molar-refractivity contribution < 1.29 is 26.4 Å². The Morgan fingerprint density at radius 1 is 1.10 bits per heavy atom. The largest absolute Gasteiger partial charge is 0.416 e. The minimum atomic E-state index is -4.67. The zero-order valence-electron chi connectivity index (χ0n) is 16.5. The second kappa shape index (κ2) is 9.58. The maximum atomic E-state index is 13.0. The fourth-order valence-corrected chi connectivity index (χ4v) is 5.43. The Labute approximate surface area is 184 Å². The number of rotatable bonds is 6. The average Bonchev–Trinajstić information content (AvgIpc) is 2.73. The molecule has 1 aliphatic heterocycles. The first-order valence-corrected chi connectivity index (χ1v) is 11.6. The molecule has 0 radical (unpaired) electrons. The number of amides is 1. The van der Waals surface area contributed by atoms with Crippen LogP contribution in [0, 0.1) is 0 Å². The third-order valence-electron chi connectivity index (χ3n) is 5.18. The Balaban J connectivity index is 1.58. The van der Waals surface area contributed by atoms with E-state index in [-0.39, 0.29) is 30.1 Å². The van der Waals surface area contributed by atoms with Gasteiger partial charge in [0.25, 0.3) is 0 Å². The van der Waals surface area contributed by atoms with Crippen molar-refractivity contribution in [3.05, 3.63) is 64.7 Å². The summed E-state index contributed by atoms with van der Waals surface area (Å²) in [5.74, 6) is -0.119. The molecule has 31 heavy (non-hydrogen) atoms. The predicted molar refractivity (Wildman–Crippen MR) is 111 cm³/mol. The summed E-state index contributed by atoms with van der Waals surface area (Å²) in [6.07, 6.45) is -3.01. The second-order valence-corrected chi connectivity index (χ2v) is 9.69. The fourth-order valence-electron chi connectivity index (χ4n) is 3.46. The molecule has 3 rings (SSSR count). The van der Waals surface area contributed by atoms with Crippen molar-refractivity contribution in [1.29, 1.82) is 0 Å². The molecule has 0 spiro atoms. The molecule has 5 nitrogen and oxygen atoms in total. The van der Waals surface area contributed by atoms with E-state index in [4.69, 9.17) is 11.6 Å². The first-order valence-electron chi connectivity index (χ1n) is 9.77. The molecule has 10 heteroatoms. The second-order valence-electron chi connectivity index (χ2n) is 7.37. The number of alkyl halides is 3. The molecule has 1 aliphatic rings. The van der Waals surface area contributed by atoms with E-state index in [2.05, 4.69) is 5.32 Å². The number of halogens is 4. The van der Waals surface area contributed by atoms with Gasteiger partial charge < -0.3 is 5.32 Å². The molecule has 2 aromatic carbocycles. The summed E-state index contributed by atoms with van der Waals surface area (Å²) >= 11 is 5.90. The number of aryl methyl sites for hydroxylation is 1. The maximum Gasteiger partial charge on any atom is 0.416 e. The van der Waals surface area contributed by atoms with Gasteiger partial charge in [0.2, 0.25) is 15.9 Å². The Morgan fingerprint density at radius 2 is 1.74 bits per heavy atom. The highest BCUT2D eigenvalue weighted by atomic mass is 35.5. The standard InChI is InChI=1S/C21H22ClF3N2O3S/c22-18-8-7-16(21(23,24)25)14-19(18)31(29,30)27-12-10-17(11-13-27)26-20(28)9-6-15-4-2-1-3-5-15/h1-5,7-8,14,17H,6,9-13H2,(H,26,28). The molecule has 0 unspecified atom stereocenters. The lowest BCUT2D eigenvalue weighted by Gasteiger charge is -2.32. The van der Waals surface area contributed by atoms with E-state index >= 15 is 0 Å². The van der Waals surface area contributed by atoms with E-state index in [9.17, 15) is 26.4 Å². The molecule has 1 amide bonds. The van der Waals surface area contributed by atoms with E-state index in [1.165, 1.54) is 0 Å². The lowest BCUT2D eigenvalue weighted by Crippen LogP contribution is -2.46. The third-order valence-corrected chi connectivity index (χ3v) is 7.56. The quantitative estimate of drug-likeness (QED) is 0.680. The summed E-state index contributed by atoms with van der Waals surface area (Å²) < 4.78 is 65.8. The third kappa shape index (κ3) is 5.99. The topological polar surface area (TPSA) is 66.5 Å². The minimum absolute atomic E-state index is 0.0819. The van der Waals surface area contributed by atoms with Gasteiger partial charge >= 0.3 is 6.18 Å². The number of carbonyl (C=O) groups is 1. The highest BCUT2D eigenvalue weighted by molar-refractivity contribution is 7.89. The molecule has 0 saturated carbocycles. The molecule has 1 saturated heterocycles. The van der Waals surface area contributed by atoms with Crippen LogP contribution in [0.4, 0.5) is 13.2 Å². The predicted octanol–water partition coefficient (Wildman–Crippen LogP) is 4.26. The summed E-state index contributed by atoms with van der Waals surface area (Å²) in [4.78, 5) is 11.6. The summed E-state index contributed by atoms with van der Waals surface area (Å²) in [5, 5.41) is 2.65. The Kier molecular flexibility index (Phi) is 7.28. The zero-order valence-corrected chi connectivity index (χ0v) is 18.1. The minimum Gasteiger partial charge on any atom is -0.353 e. The number of benzene rings is 2. The Morgan fingerprint density at radius 3 is 2.35 bits per heavy atom. The summed E-state index contributed by atoms with van der Waals surface area (Å²) in [7, 11) is -4.18. The van der Waals surface area contributed by atoms with Crippen molar-refractivity contribution in [2.24, 2.45) is 0 Å². The summed E-state index contributed by atoms with van der Waals surface area (Å²) in [6.45, 7) is 0.164. The average molecular weight is 475 g/mol. The van der Waals surface area contributed by atoms with Crippen LogP contribution in [0.3, 0.4) is 0 Å². The molecule has 2 aromatic rings. The van der Waals surface area contributed by atoms with Gasteiger partial charge in [-0.15, -0.1) is 0 Å². The number of piperidine rings is 1. The van der Waals surface area contributed by atoms with Crippen molar-refractivity contribution >= 4 is 27.5 Å². The van der Waals surface area contributed by atoms with Crippen molar-refractivity contribution in [3.63, 3.8) is 0 Å². The molecule has 0 aliphatic carbocycles. The highest BCUT2D eigenvalue weighted by Crippen LogP contribution is 2.35. The number of hydrogen-bond acceptors (Lipinski definition) is 3. The normalized spacial score (nSPS) is 16.3. The van der Waals surface area contributed by atoms with Gasteiger partial charge in [-0.05, 0) is 43.0 Å². The molecular weight excluding hydrogens is 453 g/mol.